The Balaban J connectivity index is 1.27. The molecule has 0 unspecified atom stereocenters. The molecule has 0 amide bonds. The summed E-state index contributed by atoms with van der Waals surface area (Å²) >= 11 is 0. The topological polar surface area (TPSA) is 59.4 Å². The fourth-order valence-electron chi connectivity index (χ4n) is 8.74. The number of aliphatic hydroxyl groups is 1. The minimum absolute atomic E-state index is 0.178. The van der Waals surface area contributed by atoms with Crippen molar-refractivity contribution in [1.82, 2.24) is 4.98 Å². The normalized spacial score (nSPS) is 43.2. The summed E-state index contributed by atoms with van der Waals surface area (Å²) in [5, 5.41) is 11.1. The summed E-state index contributed by atoms with van der Waals surface area (Å²) in [5.74, 6) is 4.37. The van der Waals surface area contributed by atoms with Crippen LogP contribution in [0.3, 0.4) is 0 Å². The van der Waals surface area contributed by atoms with E-state index in [1.165, 1.54) is 32.1 Å². The van der Waals surface area contributed by atoms with Gasteiger partial charge in [0.25, 0.3) is 0 Å². The fraction of sp³-hybridized carbons (Fsp3) is 0.786. The molecule has 4 saturated carbocycles. The summed E-state index contributed by atoms with van der Waals surface area (Å²) in [6.07, 6.45) is 14.5. The lowest BCUT2D eigenvalue weighted by Crippen LogP contribution is -2.52. The number of ketones is 1. The molecular formula is C28H41NO3. The van der Waals surface area contributed by atoms with Crippen molar-refractivity contribution in [1.29, 1.82) is 0 Å². The van der Waals surface area contributed by atoms with Crippen LogP contribution in [-0.4, -0.2) is 34.7 Å². The average Bonchev–Trinajstić information content (AvgIpc) is 3.15. The largest absolute Gasteiger partial charge is 0.387 e. The maximum Gasteiger partial charge on any atom is 0.140 e. The van der Waals surface area contributed by atoms with Crippen molar-refractivity contribution < 1.29 is 14.6 Å². The molecule has 4 aliphatic rings. The summed E-state index contributed by atoms with van der Waals surface area (Å²) in [6, 6.07) is 3.97. The number of carbonyl (C=O) groups is 1. The standard InChI is InChI=1S/C28H41NO3/c1-3-32-18-28(31)13-11-21-20(16-28)6-7-23-22(21)10-12-27(2)24(23)8-9-25(27)26(30)15-19-5-4-14-29-17-19/h4-5,14,17,20-25,31H,3,6-13,15-16,18H2,1-2H3/t20-,21+,22-,23-,24+,25-,27+,28-/m1/s1. The van der Waals surface area contributed by atoms with Crippen LogP contribution in [0.2, 0.25) is 0 Å². The Morgan fingerprint density at radius 1 is 1.12 bits per heavy atom. The molecule has 1 N–H and O–H groups in total. The minimum Gasteiger partial charge on any atom is -0.387 e. The number of pyridine rings is 1. The smallest absolute Gasteiger partial charge is 0.140 e. The van der Waals surface area contributed by atoms with E-state index in [9.17, 15) is 9.90 Å². The first kappa shape index (κ1) is 22.5. The molecule has 176 valence electrons. The lowest BCUT2D eigenvalue weighted by molar-refractivity contribution is -0.137. The molecule has 4 fully saturated rings. The molecule has 0 saturated heterocycles. The van der Waals surface area contributed by atoms with Crippen LogP contribution in [0, 0.1) is 40.9 Å². The molecule has 0 spiro atoms. The van der Waals surface area contributed by atoms with Crippen LogP contribution in [-0.2, 0) is 16.0 Å². The monoisotopic (exact) mass is 439 g/mol. The van der Waals surface area contributed by atoms with E-state index in [0.29, 0.717) is 37.3 Å². The van der Waals surface area contributed by atoms with E-state index in [-0.39, 0.29) is 11.3 Å². The third-order valence-electron chi connectivity index (χ3n) is 10.2. The third-order valence-corrected chi connectivity index (χ3v) is 10.2. The van der Waals surface area contributed by atoms with Gasteiger partial charge in [-0.2, -0.15) is 0 Å². The SMILES string of the molecule is CCOC[C@@]1(O)CC[C@H]2[C@H](CC[C@@H]3[C@@H]2CC[C@]2(C)[C@@H](C(=O)Cc4cccnc4)CC[C@@H]32)C1. The Morgan fingerprint density at radius 2 is 1.97 bits per heavy atom. The maximum atomic E-state index is 13.4. The first-order chi connectivity index (χ1) is 15.4. The van der Waals surface area contributed by atoms with Crippen molar-refractivity contribution in [2.24, 2.45) is 40.9 Å². The molecule has 1 heterocycles. The maximum absolute atomic E-state index is 13.4. The second-order valence-corrected chi connectivity index (χ2v) is 11.7. The van der Waals surface area contributed by atoms with E-state index >= 15 is 0 Å². The Bertz CT molecular complexity index is 812. The van der Waals surface area contributed by atoms with Gasteiger partial charge in [0.05, 0.1) is 12.2 Å². The van der Waals surface area contributed by atoms with Crippen LogP contribution in [0.25, 0.3) is 0 Å². The van der Waals surface area contributed by atoms with Gasteiger partial charge in [-0.15, -0.1) is 0 Å². The molecule has 0 radical (unpaired) electrons. The number of nitrogens with zero attached hydrogens (tertiary/aromatic N) is 1. The quantitative estimate of drug-likeness (QED) is 0.659. The number of hydrogen-bond acceptors (Lipinski definition) is 4. The number of ether oxygens (including phenoxy) is 1. The van der Waals surface area contributed by atoms with Crippen LogP contribution >= 0.6 is 0 Å². The van der Waals surface area contributed by atoms with Gasteiger partial charge >= 0.3 is 0 Å². The van der Waals surface area contributed by atoms with Gasteiger partial charge < -0.3 is 9.84 Å². The minimum atomic E-state index is -0.607. The van der Waals surface area contributed by atoms with Crippen molar-refractivity contribution in [3.8, 4) is 0 Å². The number of hydrogen-bond donors (Lipinski definition) is 1. The highest BCUT2D eigenvalue weighted by Crippen LogP contribution is 2.64. The molecular weight excluding hydrogens is 398 g/mol. The fourth-order valence-corrected chi connectivity index (χ4v) is 8.74. The number of fused-ring (bicyclic) bond motifs is 5. The van der Waals surface area contributed by atoms with E-state index in [2.05, 4.69) is 11.9 Å². The zero-order chi connectivity index (χ0) is 22.3. The van der Waals surface area contributed by atoms with Crippen LogP contribution in [0.1, 0.15) is 77.2 Å². The third kappa shape index (κ3) is 3.96. The highest BCUT2D eigenvalue weighted by atomic mass is 16.5. The average molecular weight is 440 g/mol. The van der Waals surface area contributed by atoms with Gasteiger partial charge in [0, 0.05) is 31.3 Å². The van der Waals surface area contributed by atoms with Crippen LogP contribution in [0.4, 0.5) is 0 Å². The second-order valence-electron chi connectivity index (χ2n) is 11.7. The predicted molar refractivity (Wildman–Crippen MR) is 125 cm³/mol. The Kier molecular flexibility index (Phi) is 6.22. The van der Waals surface area contributed by atoms with Crippen molar-refractivity contribution >= 4 is 5.78 Å². The molecule has 5 rings (SSSR count). The Morgan fingerprint density at radius 3 is 2.75 bits per heavy atom. The summed E-state index contributed by atoms with van der Waals surface area (Å²) in [6.45, 7) is 5.64. The molecule has 0 aromatic carbocycles. The summed E-state index contributed by atoms with van der Waals surface area (Å²) in [5.41, 5.74) is 0.627. The lowest BCUT2D eigenvalue weighted by atomic mass is 9.49. The van der Waals surface area contributed by atoms with Crippen LogP contribution in [0.5, 0.6) is 0 Å². The van der Waals surface area contributed by atoms with Gasteiger partial charge in [0.1, 0.15) is 5.78 Å². The Hall–Kier alpha value is -1.26. The predicted octanol–water partition coefficient (Wildman–Crippen LogP) is 5.23. The first-order valence-corrected chi connectivity index (χ1v) is 13.2. The van der Waals surface area contributed by atoms with E-state index in [4.69, 9.17) is 4.74 Å². The number of aromatic nitrogens is 1. The molecule has 4 aliphatic carbocycles. The van der Waals surface area contributed by atoms with Gasteiger partial charge in [0.15, 0.2) is 0 Å². The van der Waals surface area contributed by atoms with Crippen LogP contribution < -0.4 is 0 Å². The molecule has 0 aliphatic heterocycles. The van der Waals surface area contributed by atoms with Crippen molar-refractivity contribution in [2.45, 2.75) is 83.7 Å². The van der Waals surface area contributed by atoms with Gasteiger partial charge in [0.2, 0.25) is 0 Å². The molecule has 32 heavy (non-hydrogen) atoms. The molecule has 0 bridgehead atoms. The van der Waals surface area contributed by atoms with Gasteiger partial charge in [-0.25, -0.2) is 0 Å². The molecule has 1 aromatic rings. The number of Topliss-reactive ketones (excluding diaryl/α,β-unsaturated/α-hetero) is 1. The van der Waals surface area contributed by atoms with E-state index < -0.39 is 5.60 Å². The van der Waals surface area contributed by atoms with Gasteiger partial charge in [-0.1, -0.05) is 13.0 Å². The number of carbonyl (C=O) groups excluding carboxylic acids is 1. The van der Waals surface area contributed by atoms with Gasteiger partial charge in [-0.3, -0.25) is 9.78 Å². The number of rotatable bonds is 6. The second kappa shape index (κ2) is 8.83. The van der Waals surface area contributed by atoms with E-state index in [0.717, 1.165) is 49.0 Å². The zero-order valence-electron chi connectivity index (χ0n) is 20.0. The van der Waals surface area contributed by atoms with Gasteiger partial charge in [-0.05, 0) is 111 Å². The summed E-state index contributed by atoms with van der Waals surface area (Å²) in [4.78, 5) is 17.6. The van der Waals surface area contributed by atoms with Crippen molar-refractivity contribution in [3.63, 3.8) is 0 Å². The zero-order valence-corrected chi connectivity index (χ0v) is 20.0. The highest BCUT2D eigenvalue weighted by Gasteiger charge is 2.58. The summed E-state index contributed by atoms with van der Waals surface area (Å²) in [7, 11) is 0. The van der Waals surface area contributed by atoms with Crippen molar-refractivity contribution in [2.75, 3.05) is 13.2 Å². The first-order valence-electron chi connectivity index (χ1n) is 13.2. The highest BCUT2D eigenvalue weighted by molar-refractivity contribution is 5.84. The molecule has 8 atom stereocenters. The van der Waals surface area contributed by atoms with Crippen molar-refractivity contribution in [3.05, 3.63) is 30.1 Å². The Labute approximate surface area is 193 Å². The summed E-state index contributed by atoms with van der Waals surface area (Å²) < 4.78 is 5.62. The molecule has 4 nitrogen and oxygen atoms in total. The molecule has 4 heteroatoms. The lowest BCUT2D eigenvalue weighted by Gasteiger charge is -2.57. The molecule has 1 aromatic heterocycles. The van der Waals surface area contributed by atoms with E-state index in [1.54, 1.807) is 6.20 Å². The van der Waals surface area contributed by atoms with E-state index in [1.807, 2.05) is 25.3 Å². The van der Waals surface area contributed by atoms with Crippen LogP contribution in [0.15, 0.2) is 24.5 Å².